The Labute approximate surface area is 239 Å². The number of rotatable bonds is 7. The number of halogens is 1. The smallest absolute Gasteiger partial charge is 0.213 e. The number of pyridine rings is 2. The number of nitrogens with one attached hydrogen (secondary N) is 4. The summed E-state index contributed by atoms with van der Waals surface area (Å²) in [4.78, 5) is 8.57. The third-order valence-corrected chi connectivity index (χ3v) is 9.00. The maximum Gasteiger partial charge on any atom is 0.213 e. The number of anilines is 2. The fraction of sp³-hybridized carbons (Fsp3) is 0.419. The summed E-state index contributed by atoms with van der Waals surface area (Å²) in [6.07, 6.45) is 7.12. The molecule has 9 nitrogen and oxygen atoms in total. The van der Waals surface area contributed by atoms with E-state index >= 15 is 0 Å². The lowest BCUT2D eigenvalue weighted by Crippen LogP contribution is -2.69. The number of nitriles is 2. The molecule has 0 spiro atoms. The number of nitrogens with zero attached hydrogens (tertiary/aromatic N) is 5. The minimum absolute atomic E-state index is 0.0323. The van der Waals surface area contributed by atoms with Gasteiger partial charge in [-0.2, -0.15) is 14.9 Å². The minimum Gasteiger partial charge on any atom is -0.380 e. The van der Waals surface area contributed by atoms with E-state index < -0.39 is 12.0 Å². The van der Waals surface area contributed by atoms with Gasteiger partial charge in [0.2, 0.25) is 5.95 Å². The molecule has 2 bridgehead atoms. The molecule has 3 aliphatic carbocycles. The summed E-state index contributed by atoms with van der Waals surface area (Å²) >= 11 is 0. The summed E-state index contributed by atoms with van der Waals surface area (Å²) in [5, 5.41) is 30.0. The van der Waals surface area contributed by atoms with Crippen LogP contribution in [0.3, 0.4) is 0 Å². The first-order valence-electron chi connectivity index (χ1n) is 14.0. The molecular weight excluding hydrogens is 517 g/mol. The summed E-state index contributed by atoms with van der Waals surface area (Å²) < 4.78 is 14.0. The number of hydrogen-bond donors (Lipinski definition) is 4. The van der Waals surface area contributed by atoms with Gasteiger partial charge in [-0.05, 0) is 62.6 Å². The normalized spacial score (nSPS) is 22.4. The van der Waals surface area contributed by atoms with Crippen LogP contribution in [0.25, 0.3) is 10.9 Å². The highest BCUT2D eigenvalue weighted by atomic mass is 19.1. The van der Waals surface area contributed by atoms with Crippen molar-refractivity contribution in [2.24, 2.45) is 11.3 Å². The zero-order valence-electron chi connectivity index (χ0n) is 23.9. The van der Waals surface area contributed by atoms with E-state index in [9.17, 15) is 14.9 Å². The third kappa shape index (κ3) is 4.58. The maximum atomic E-state index is 14.0. The van der Waals surface area contributed by atoms with Gasteiger partial charge < -0.3 is 16.1 Å². The minimum atomic E-state index is -0.539. The Morgan fingerprint density at radius 3 is 2.46 bits per heavy atom. The molecule has 0 amide bonds. The number of hydrogen-bond acceptors (Lipinski definition) is 9. The predicted molar refractivity (Wildman–Crippen MR) is 155 cm³/mol. The molecule has 3 fully saturated rings. The van der Waals surface area contributed by atoms with Crippen molar-refractivity contribution in [3.63, 3.8) is 0 Å². The van der Waals surface area contributed by atoms with E-state index in [1.807, 2.05) is 6.07 Å². The molecule has 2 aromatic heterocycles. The molecule has 0 radical (unpaired) electrons. The van der Waals surface area contributed by atoms with E-state index in [0.29, 0.717) is 39.1 Å². The lowest BCUT2D eigenvalue weighted by molar-refractivity contribution is -0.141. The fourth-order valence-electron chi connectivity index (χ4n) is 5.94. The summed E-state index contributed by atoms with van der Waals surface area (Å²) in [5.74, 6) is 0.285. The second kappa shape index (κ2) is 9.60. The second-order valence-corrected chi connectivity index (χ2v) is 12.7. The van der Waals surface area contributed by atoms with Crippen LogP contribution in [0.5, 0.6) is 0 Å². The van der Waals surface area contributed by atoms with Gasteiger partial charge in [-0.1, -0.05) is 26.8 Å². The first kappa shape index (κ1) is 26.8. The average molecular weight is 552 g/mol. The molecule has 7 rings (SSSR count). The zero-order valence-corrected chi connectivity index (χ0v) is 23.9. The summed E-state index contributed by atoms with van der Waals surface area (Å²) in [6, 6.07) is 10.9. The van der Waals surface area contributed by atoms with Gasteiger partial charge in [0.05, 0.1) is 39.6 Å². The van der Waals surface area contributed by atoms with Crippen molar-refractivity contribution in [2.75, 3.05) is 10.6 Å². The van der Waals surface area contributed by atoms with Gasteiger partial charge in [0, 0.05) is 40.8 Å². The third-order valence-electron chi connectivity index (χ3n) is 9.00. The van der Waals surface area contributed by atoms with Crippen LogP contribution in [0.2, 0.25) is 0 Å². The molecule has 10 heteroatoms. The number of benzene rings is 1. The number of aromatic nitrogens is 2. The molecule has 4 aliphatic rings. The monoisotopic (exact) mass is 551 g/mol. The van der Waals surface area contributed by atoms with Crippen LogP contribution in [0, 0.1) is 46.9 Å². The van der Waals surface area contributed by atoms with Crippen molar-refractivity contribution >= 4 is 22.3 Å². The van der Waals surface area contributed by atoms with E-state index in [0.717, 1.165) is 17.2 Å². The van der Waals surface area contributed by atoms with Gasteiger partial charge in [-0.15, -0.1) is 5.53 Å². The lowest BCUT2D eigenvalue weighted by atomic mass is 9.49. The Balaban J connectivity index is 1.44. The highest BCUT2D eigenvalue weighted by molar-refractivity contribution is 5.99. The van der Waals surface area contributed by atoms with Crippen molar-refractivity contribution in [1.29, 1.82) is 10.5 Å². The molecule has 0 saturated heterocycles. The quantitative estimate of drug-likeness (QED) is 0.280. The first-order valence-corrected chi connectivity index (χ1v) is 14.0. The highest BCUT2D eigenvalue weighted by Gasteiger charge is 2.60. The van der Waals surface area contributed by atoms with E-state index in [1.54, 1.807) is 19.1 Å². The Bertz CT molecular complexity index is 1640. The largest absolute Gasteiger partial charge is 0.380 e. The molecule has 2 atom stereocenters. The molecular formula is C31H34FN9. The van der Waals surface area contributed by atoms with Crippen LogP contribution in [-0.4, -0.2) is 26.6 Å². The van der Waals surface area contributed by atoms with E-state index in [4.69, 9.17) is 0 Å². The predicted octanol–water partition coefficient (Wildman–Crippen LogP) is 5.54. The Morgan fingerprint density at radius 2 is 1.85 bits per heavy atom. The molecule has 3 heterocycles. The Kier molecular flexibility index (Phi) is 6.28. The number of hydrazine groups is 2. The summed E-state index contributed by atoms with van der Waals surface area (Å²) in [5.41, 5.74) is 11.6. The van der Waals surface area contributed by atoms with E-state index in [1.165, 1.54) is 31.5 Å². The van der Waals surface area contributed by atoms with Crippen LogP contribution in [0.4, 0.5) is 15.8 Å². The van der Waals surface area contributed by atoms with Crippen molar-refractivity contribution in [1.82, 2.24) is 25.9 Å². The lowest BCUT2D eigenvalue weighted by Gasteiger charge is -2.64. The molecule has 1 aliphatic heterocycles. The van der Waals surface area contributed by atoms with Gasteiger partial charge in [-0.25, -0.2) is 4.98 Å². The van der Waals surface area contributed by atoms with Crippen molar-refractivity contribution in [3.8, 4) is 12.1 Å². The average Bonchev–Trinajstić information content (AvgIpc) is 3.34. The fourth-order valence-corrected chi connectivity index (χ4v) is 5.94. The van der Waals surface area contributed by atoms with Crippen LogP contribution in [0.15, 0.2) is 42.4 Å². The van der Waals surface area contributed by atoms with Gasteiger partial charge in [0.1, 0.15) is 12.1 Å². The van der Waals surface area contributed by atoms with Gasteiger partial charge in [0.25, 0.3) is 0 Å². The molecule has 3 aromatic rings. The van der Waals surface area contributed by atoms with Crippen molar-refractivity contribution in [3.05, 3.63) is 70.7 Å². The Hall–Kier alpha value is -4.41. The van der Waals surface area contributed by atoms with Crippen molar-refractivity contribution in [2.45, 2.75) is 71.5 Å². The molecule has 210 valence electrons. The number of aryl methyl sites for hydroxylation is 1. The standard InChI is InChI=1S/C31H34FN9/c1-17-23(6-7-26(32)36-17)29(25-16-41(40-39-25)31-10-19(11-31)12-31)38-22-8-20(13-33)27-24(9-22)28(21(14-34)15-35-27)37-18(2)30(3,4)5/h6-9,15-16,18-19,29,38-40H,10-12H2,1-5H3,(H,35,37)/t18-,19?,29?,31?/m1/s1. The summed E-state index contributed by atoms with van der Waals surface area (Å²) in [6.45, 7) is 10.2. The molecule has 41 heavy (non-hydrogen) atoms. The second-order valence-electron chi connectivity index (χ2n) is 12.7. The highest BCUT2D eigenvalue weighted by Crippen LogP contribution is 2.60. The zero-order chi connectivity index (χ0) is 29.1. The maximum absolute atomic E-state index is 14.0. The van der Waals surface area contributed by atoms with Gasteiger partial charge in [-0.3, -0.25) is 9.99 Å². The molecule has 3 saturated carbocycles. The first-order chi connectivity index (χ1) is 19.5. The van der Waals surface area contributed by atoms with Gasteiger partial charge in [0.15, 0.2) is 0 Å². The molecule has 1 unspecified atom stereocenters. The Morgan fingerprint density at radius 1 is 1.12 bits per heavy atom. The van der Waals surface area contributed by atoms with Crippen molar-refractivity contribution < 1.29 is 4.39 Å². The summed E-state index contributed by atoms with van der Waals surface area (Å²) in [7, 11) is 0. The SMILES string of the molecule is Cc1nc(F)ccc1C(Nc1cc(C#N)c2ncc(C#N)c(N[C@H](C)C(C)(C)C)c2c1)C1=CN(C23CC(C2)C3)NN1. The van der Waals surface area contributed by atoms with Gasteiger partial charge >= 0.3 is 0 Å². The van der Waals surface area contributed by atoms with Crippen LogP contribution in [0.1, 0.15) is 75.4 Å². The number of fused-ring (bicyclic) bond motifs is 1. The molecule has 1 aromatic carbocycles. The van der Waals surface area contributed by atoms with Crippen LogP contribution >= 0.6 is 0 Å². The van der Waals surface area contributed by atoms with Crippen LogP contribution in [-0.2, 0) is 0 Å². The van der Waals surface area contributed by atoms with E-state index in [2.05, 4.69) is 82.6 Å². The van der Waals surface area contributed by atoms with Crippen LogP contribution < -0.4 is 21.6 Å². The van der Waals surface area contributed by atoms with E-state index in [-0.39, 0.29) is 17.0 Å². The molecule has 4 N–H and O–H groups in total. The topological polar surface area (TPSA) is 125 Å².